The minimum absolute atomic E-state index is 0.0202. The number of nitrogens with zero attached hydrogens (tertiary/aromatic N) is 1. The molecule has 2 fully saturated rings. The quantitative estimate of drug-likeness (QED) is 0.762. The van der Waals surface area contributed by atoms with Crippen LogP contribution >= 0.6 is 0 Å². The molecule has 0 saturated carbocycles. The largest absolute Gasteiger partial charge is 0.378 e. The van der Waals surface area contributed by atoms with Crippen molar-refractivity contribution in [2.45, 2.75) is 44.6 Å². The van der Waals surface area contributed by atoms with Crippen LogP contribution in [0.4, 0.5) is 0 Å². The van der Waals surface area contributed by atoms with Gasteiger partial charge in [0.2, 0.25) is 11.8 Å². The molecule has 2 heterocycles. The highest BCUT2D eigenvalue weighted by atomic mass is 16.5. The molecule has 2 rings (SSSR count). The minimum atomic E-state index is -0.0958. The molecule has 6 nitrogen and oxygen atoms in total. The molecule has 0 aromatic heterocycles. The fraction of sp³-hybridized carbons (Fsp3) is 0.867. The Morgan fingerprint density at radius 2 is 2.10 bits per heavy atom. The van der Waals surface area contributed by atoms with Crippen molar-refractivity contribution in [3.05, 3.63) is 0 Å². The van der Waals surface area contributed by atoms with Crippen LogP contribution in [0.5, 0.6) is 0 Å². The van der Waals surface area contributed by atoms with Crippen molar-refractivity contribution in [1.82, 2.24) is 10.2 Å². The van der Waals surface area contributed by atoms with E-state index in [0.717, 1.165) is 45.3 Å². The molecule has 0 aromatic carbocycles. The summed E-state index contributed by atoms with van der Waals surface area (Å²) in [5.74, 6) is 0.0478. The zero-order chi connectivity index (χ0) is 15.1. The molecule has 3 N–H and O–H groups in total. The SMILES string of the molecule is NCCNC(=O)C1CCCN(C(=O)CC2CCCCO2)C1. The van der Waals surface area contributed by atoms with Crippen LogP contribution in [-0.2, 0) is 14.3 Å². The first-order chi connectivity index (χ1) is 10.2. The summed E-state index contributed by atoms with van der Waals surface area (Å²) in [6, 6.07) is 0. The van der Waals surface area contributed by atoms with Crippen LogP contribution in [0.25, 0.3) is 0 Å². The molecule has 0 bridgehead atoms. The second-order valence-electron chi connectivity index (χ2n) is 5.95. The fourth-order valence-corrected chi connectivity index (χ4v) is 3.05. The number of hydrogen-bond donors (Lipinski definition) is 2. The topological polar surface area (TPSA) is 84.7 Å². The molecule has 2 saturated heterocycles. The summed E-state index contributed by atoms with van der Waals surface area (Å²) in [5, 5.41) is 2.82. The van der Waals surface area contributed by atoms with Crippen LogP contribution < -0.4 is 11.1 Å². The molecule has 0 spiro atoms. The van der Waals surface area contributed by atoms with Crippen LogP contribution in [0.15, 0.2) is 0 Å². The summed E-state index contributed by atoms with van der Waals surface area (Å²) in [6.07, 6.45) is 5.47. The Balaban J connectivity index is 1.79. The van der Waals surface area contributed by atoms with Gasteiger partial charge in [0.25, 0.3) is 0 Å². The number of piperidine rings is 1. The van der Waals surface area contributed by atoms with E-state index in [1.165, 1.54) is 0 Å². The molecule has 0 radical (unpaired) electrons. The van der Waals surface area contributed by atoms with Gasteiger partial charge < -0.3 is 20.7 Å². The van der Waals surface area contributed by atoms with E-state index >= 15 is 0 Å². The normalized spacial score (nSPS) is 26.4. The molecule has 0 aromatic rings. The van der Waals surface area contributed by atoms with E-state index in [1.807, 2.05) is 4.90 Å². The molecule has 21 heavy (non-hydrogen) atoms. The van der Waals surface area contributed by atoms with E-state index in [4.69, 9.17) is 10.5 Å². The fourth-order valence-electron chi connectivity index (χ4n) is 3.05. The molecular formula is C15H27N3O3. The third-order valence-electron chi connectivity index (χ3n) is 4.26. The second kappa shape index (κ2) is 8.34. The smallest absolute Gasteiger partial charge is 0.225 e. The zero-order valence-electron chi connectivity index (χ0n) is 12.7. The maximum absolute atomic E-state index is 12.3. The van der Waals surface area contributed by atoms with Crippen molar-refractivity contribution in [1.29, 1.82) is 0 Å². The number of hydrogen-bond acceptors (Lipinski definition) is 4. The lowest BCUT2D eigenvalue weighted by Crippen LogP contribution is -2.47. The first kappa shape index (κ1) is 16.2. The average Bonchev–Trinajstić information content (AvgIpc) is 2.53. The Bertz CT molecular complexity index is 356. The van der Waals surface area contributed by atoms with Gasteiger partial charge in [0.05, 0.1) is 18.4 Å². The molecule has 0 aliphatic carbocycles. The van der Waals surface area contributed by atoms with Crippen molar-refractivity contribution in [2.24, 2.45) is 11.7 Å². The third kappa shape index (κ3) is 4.97. The Labute approximate surface area is 126 Å². The van der Waals surface area contributed by atoms with E-state index in [1.54, 1.807) is 0 Å². The van der Waals surface area contributed by atoms with Crippen LogP contribution in [0, 0.1) is 5.92 Å². The molecule has 2 unspecified atom stereocenters. The maximum atomic E-state index is 12.3. The summed E-state index contributed by atoms with van der Waals surface area (Å²) in [4.78, 5) is 26.2. The van der Waals surface area contributed by atoms with Crippen LogP contribution in [0.3, 0.4) is 0 Å². The van der Waals surface area contributed by atoms with E-state index in [2.05, 4.69) is 5.32 Å². The molecule has 120 valence electrons. The van der Waals surface area contributed by atoms with Crippen molar-refractivity contribution in [3.63, 3.8) is 0 Å². The minimum Gasteiger partial charge on any atom is -0.378 e. The van der Waals surface area contributed by atoms with Gasteiger partial charge in [0.15, 0.2) is 0 Å². The average molecular weight is 297 g/mol. The molecule has 2 aliphatic rings. The van der Waals surface area contributed by atoms with Crippen LogP contribution in [0.1, 0.15) is 38.5 Å². The highest BCUT2D eigenvalue weighted by Gasteiger charge is 2.29. The van der Waals surface area contributed by atoms with Crippen molar-refractivity contribution in [2.75, 3.05) is 32.8 Å². The molecule has 2 atom stereocenters. The van der Waals surface area contributed by atoms with E-state index in [0.29, 0.717) is 26.1 Å². The molecular weight excluding hydrogens is 270 g/mol. The Morgan fingerprint density at radius 1 is 1.24 bits per heavy atom. The number of nitrogens with two attached hydrogens (primary N) is 1. The zero-order valence-corrected chi connectivity index (χ0v) is 12.7. The van der Waals surface area contributed by atoms with Gasteiger partial charge in [-0.1, -0.05) is 0 Å². The Morgan fingerprint density at radius 3 is 2.81 bits per heavy atom. The lowest BCUT2D eigenvalue weighted by molar-refractivity contribution is -0.138. The van der Waals surface area contributed by atoms with Gasteiger partial charge in [0, 0.05) is 32.8 Å². The predicted octanol–water partition coefficient (Wildman–Crippen LogP) is 0.259. The van der Waals surface area contributed by atoms with Gasteiger partial charge in [-0.2, -0.15) is 0 Å². The molecule has 2 amide bonds. The van der Waals surface area contributed by atoms with E-state index in [9.17, 15) is 9.59 Å². The third-order valence-corrected chi connectivity index (χ3v) is 4.26. The Kier molecular flexibility index (Phi) is 6.45. The number of amides is 2. The molecule has 6 heteroatoms. The van der Waals surface area contributed by atoms with Gasteiger partial charge in [-0.15, -0.1) is 0 Å². The van der Waals surface area contributed by atoms with Gasteiger partial charge >= 0.3 is 0 Å². The van der Waals surface area contributed by atoms with Gasteiger partial charge in [-0.25, -0.2) is 0 Å². The van der Waals surface area contributed by atoms with Crippen molar-refractivity contribution in [3.8, 4) is 0 Å². The van der Waals surface area contributed by atoms with Crippen molar-refractivity contribution >= 4 is 11.8 Å². The van der Waals surface area contributed by atoms with Crippen LogP contribution in [0.2, 0.25) is 0 Å². The van der Waals surface area contributed by atoms with Gasteiger partial charge in [-0.3, -0.25) is 9.59 Å². The number of nitrogens with one attached hydrogen (secondary N) is 1. The highest BCUT2D eigenvalue weighted by Crippen LogP contribution is 2.20. The lowest BCUT2D eigenvalue weighted by atomic mass is 9.96. The van der Waals surface area contributed by atoms with Crippen LogP contribution in [-0.4, -0.2) is 55.6 Å². The van der Waals surface area contributed by atoms with E-state index < -0.39 is 0 Å². The first-order valence-electron chi connectivity index (χ1n) is 8.08. The van der Waals surface area contributed by atoms with Gasteiger partial charge in [-0.05, 0) is 32.1 Å². The summed E-state index contributed by atoms with van der Waals surface area (Å²) in [5.41, 5.74) is 5.39. The summed E-state index contributed by atoms with van der Waals surface area (Å²) in [7, 11) is 0. The predicted molar refractivity (Wildman–Crippen MR) is 79.6 cm³/mol. The standard InChI is InChI=1S/C15H27N3O3/c16-6-7-17-15(20)12-4-3-8-18(11-12)14(19)10-13-5-1-2-9-21-13/h12-13H,1-11,16H2,(H,17,20). The lowest BCUT2D eigenvalue weighted by Gasteiger charge is -2.33. The summed E-state index contributed by atoms with van der Waals surface area (Å²) in [6.45, 7) is 3.00. The summed E-state index contributed by atoms with van der Waals surface area (Å²) >= 11 is 0. The Hall–Kier alpha value is -1.14. The molecule has 2 aliphatic heterocycles. The number of ether oxygens (including phenoxy) is 1. The number of rotatable bonds is 5. The monoisotopic (exact) mass is 297 g/mol. The summed E-state index contributed by atoms with van der Waals surface area (Å²) < 4.78 is 5.63. The maximum Gasteiger partial charge on any atom is 0.225 e. The van der Waals surface area contributed by atoms with Crippen molar-refractivity contribution < 1.29 is 14.3 Å². The number of carbonyl (C=O) groups excluding carboxylic acids is 2. The second-order valence-corrected chi connectivity index (χ2v) is 5.95. The highest BCUT2D eigenvalue weighted by molar-refractivity contribution is 5.81. The van der Waals surface area contributed by atoms with E-state index in [-0.39, 0.29) is 23.8 Å². The number of likely N-dealkylation sites (tertiary alicyclic amines) is 1. The number of carbonyl (C=O) groups is 2. The first-order valence-corrected chi connectivity index (χ1v) is 8.08. The van der Waals surface area contributed by atoms with Gasteiger partial charge in [0.1, 0.15) is 0 Å².